The lowest BCUT2D eigenvalue weighted by molar-refractivity contribution is 0.171. The molecule has 1 fully saturated rings. The number of benzene rings is 1. The highest BCUT2D eigenvalue weighted by Crippen LogP contribution is 2.38. The van der Waals surface area contributed by atoms with Gasteiger partial charge in [-0.3, -0.25) is 0 Å². The highest BCUT2D eigenvalue weighted by atomic mass is 35.5. The van der Waals surface area contributed by atoms with E-state index < -0.39 is 0 Å². The van der Waals surface area contributed by atoms with Crippen molar-refractivity contribution in [2.24, 2.45) is 0 Å². The number of halogens is 1. The quantitative estimate of drug-likeness (QED) is 0.889. The van der Waals surface area contributed by atoms with Gasteiger partial charge in [0.15, 0.2) is 11.5 Å². The largest absolute Gasteiger partial charge is 0.486 e. The predicted molar refractivity (Wildman–Crippen MR) is 88.8 cm³/mol. The van der Waals surface area contributed by atoms with Crippen molar-refractivity contribution in [2.75, 3.05) is 19.0 Å². The van der Waals surface area contributed by atoms with E-state index >= 15 is 0 Å². The fourth-order valence-electron chi connectivity index (χ4n) is 3.04. The van der Waals surface area contributed by atoms with Crippen molar-refractivity contribution in [3.8, 4) is 11.5 Å². The van der Waals surface area contributed by atoms with Gasteiger partial charge in [-0.25, -0.2) is 0 Å². The Morgan fingerprint density at radius 1 is 1.29 bits per heavy atom. The average Bonchev–Trinajstić information content (AvgIpc) is 2.93. The molecule has 21 heavy (non-hydrogen) atoms. The summed E-state index contributed by atoms with van der Waals surface area (Å²) in [6.45, 7) is 4.24. The zero-order chi connectivity index (χ0) is 14.7. The predicted octanol–water partition coefficient (Wildman–Crippen LogP) is 3.88. The number of thioether (sulfide) groups is 1. The Hall–Kier alpha value is -0.580. The molecule has 5 heteroatoms. The van der Waals surface area contributed by atoms with Crippen molar-refractivity contribution in [3.63, 3.8) is 0 Å². The van der Waals surface area contributed by atoms with E-state index in [1.165, 1.54) is 25.0 Å². The molecule has 1 aliphatic heterocycles. The summed E-state index contributed by atoms with van der Waals surface area (Å²) < 4.78 is 11.2. The Bertz CT molecular complexity index is 497. The zero-order valence-corrected chi connectivity index (χ0v) is 13.9. The maximum Gasteiger partial charge on any atom is 0.179 e. The zero-order valence-electron chi connectivity index (χ0n) is 12.4. The lowest BCUT2D eigenvalue weighted by atomic mass is 10.1. The molecule has 1 aliphatic carbocycles. The molecular weight excluding hydrogens is 306 g/mol. The van der Waals surface area contributed by atoms with Crippen molar-refractivity contribution in [3.05, 3.63) is 22.7 Å². The summed E-state index contributed by atoms with van der Waals surface area (Å²) in [7, 11) is 0. The van der Waals surface area contributed by atoms with Crippen LogP contribution in [-0.4, -0.2) is 30.3 Å². The highest BCUT2D eigenvalue weighted by Gasteiger charge is 2.24. The van der Waals surface area contributed by atoms with Gasteiger partial charge in [-0.2, -0.15) is 11.8 Å². The first kappa shape index (κ1) is 15.3. The Morgan fingerprint density at radius 2 is 2.14 bits per heavy atom. The molecule has 0 amide bonds. The lowest BCUT2D eigenvalue weighted by Crippen LogP contribution is -2.26. The van der Waals surface area contributed by atoms with E-state index in [-0.39, 0.29) is 0 Å². The summed E-state index contributed by atoms with van der Waals surface area (Å²) in [5.41, 5.74) is 1.16. The van der Waals surface area contributed by atoms with Crippen LogP contribution < -0.4 is 14.8 Å². The van der Waals surface area contributed by atoms with Gasteiger partial charge in [-0.15, -0.1) is 0 Å². The third-order valence-corrected chi connectivity index (χ3v) is 5.55. The van der Waals surface area contributed by atoms with Gasteiger partial charge in [0.2, 0.25) is 0 Å². The van der Waals surface area contributed by atoms with E-state index in [2.05, 4.69) is 24.0 Å². The molecular formula is C16H22ClNO2S. The third kappa shape index (κ3) is 3.79. The summed E-state index contributed by atoms with van der Waals surface area (Å²) >= 11 is 8.36. The van der Waals surface area contributed by atoms with Crippen molar-refractivity contribution < 1.29 is 9.47 Å². The average molecular weight is 328 g/mol. The Labute approximate surface area is 135 Å². The SMILES string of the molecule is CCSC1CCC(NCc2cc(Cl)c3c(c2)OCCO3)C1. The van der Waals surface area contributed by atoms with E-state index in [0.717, 1.165) is 23.1 Å². The van der Waals surface area contributed by atoms with Crippen LogP contribution in [0.2, 0.25) is 5.02 Å². The van der Waals surface area contributed by atoms with Crippen LogP contribution in [0.25, 0.3) is 0 Å². The Kier molecular flexibility index (Phi) is 5.19. The Morgan fingerprint density at radius 3 is 3.00 bits per heavy atom. The van der Waals surface area contributed by atoms with Gasteiger partial charge in [0.25, 0.3) is 0 Å². The van der Waals surface area contributed by atoms with Crippen LogP contribution in [0.15, 0.2) is 12.1 Å². The van der Waals surface area contributed by atoms with Crippen molar-refractivity contribution in [1.82, 2.24) is 5.32 Å². The molecule has 2 atom stereocenters. The number of fused-ring (bicyclic) bond motifs is 1. The van der Waals surface area contributed by atoms with Crippen LogP contribution in [-0.2, 0) is 6.54 Å². The normalized spacial score (nSPS) is 24.3. The summed E-state index contributed by atoms with van der Waals surface area (Å²) in [5.74, 6) is 2.68. The Balaban J connectivity index is 1.57. The smallest absolute Gasteiger partial charge is 0.179 e. The van der Waals surface area contributed by atoms with E-state index in [1.807, 2.05) is 12.1 Å². The number of ether oxygens (including phenoxy) is 2. The number of hydrogen-bond acceptors (Lipinski definition) is 4. The van der Waals surface area contributed by atoms with Crippen LogP contribution in [0.1, 0.15) is 31.7 Å². The van der Waals surface area contributed by atoms with E-state index in [1.54, 1.807) is 0 Å². The fraction of sp³-hybridized carbons (Fsp3) is 0.625. The molecule has 2 unspecified atom stereocenters. The van der Waals surface area contributed by atoms with Gasteiger partial charge in [0, 0.05) is 17.8 Å². The standard InChI is InChI=1S/C16H22ClNO2S/c1-2-21-13-4-3-12(9-13)18-10-11-7-14(17)16-15(8-11)19-5-6-20-16/h7-8,12-13,18H,2-6,9-10H2,1H3. The molecule has 3 nitrogen and oxygen atoms in total. The number of nitrogens with one attached hydrogen (secondary N) is 1. The van der Waals surface area contributed by atoms with Crippen molar-refractivity contribution in [1.29, 1.82) is 0 Å². The van der Waals surface area contributed by atoms with Gasteiger partial charge >= 0.3 is 0 Å². The van der Waals surface area contributed by atoms with Gasteiger partial charge in [0.1, 0.15) is 13.2 Å². The van der Waals surface area contributed by atoms with Gasteiger partial charge in [-0.1, -0.05) is 18.5 Å². The molecule has 116 valence electrons. The molecule has 0 bridgehead atoms. The molecule has 1 saturated carbocycles. The highest BCUT2D eigenvalue weighted by molar-refractivity contribution is 7.99. The van der Waals surface area contributed by atoms with Crippen LogP contribution in [0, 0.1) is 0 Å². The summed E-state index contributed by atoms with van der Waals surface area (Å²) in [6, 6.07) is 4.65. The molecule has 1 aromatic rings. The first-order valence-electron chi connectivity index (χ1n) is 7.69. The van der Waals surface area contributed by atoms with E-state index in [9.17, 15) is 0 Å². The van der Waals surface area contributed by atoms with Gasteiger partial charge < -0.3 is 14.8 Å². The summed E-state index contributed by atoms with van der Waals surface area (Å²) in [5, 5.41) is 5.13. The number of hydrogen-bond donors (Lipinski definition) is 1. The van der Waals surface area contributed by atoms with Crippen molar-refractivity contribution >= 4 is 23.4 Å². The molecule has 0 saturated heterocycles. The van der Waals surface area contributed by atoms with Crippen LogP contribution in [0.4, 0.5) is 0 Å². The summed E-state index contributed by atoms with van der Waals surface area (Å²) in [6.07, 6.45) is 3.88. The van der Waals surface area contributed by atoms with Gasteiger partial charge in [0.05, 0.1) is 5.02 Å². The molecule has 1 N–H and O–H groups in total. The molecule has 1 aromatic carbocycles. The minimum absolute atomic E-state index is 0.572. The van der Waals surface area contributed by atoms with Crippen molar-refractivity contribution in [2.45, 2.75) is 44.0 Å². The van der Waals surface area contributed by atoms with Gasteiger partial charge in [-0.05, 0) is 42.7 Å². The molecule has 1 heterocycles. The first-order valence-corrected chi connectivity index (χ1v) is 9.12. The molecule has 2 aliphatic rings. The monoisotopic (exact) mass is 327 g/mol. The fourth-order valence-corrected chi connectivity index (χ4v) is 4.47. The molecule has 0 radical (unpaired) electrons. The number of rotatable bonds is 5. The van der Waals surface area contributed by atoms with Crippen LogP contribution in [0.3, 0.4) is 0 Å². The molecule has 0 spiro atoms. The van der Waals surface area contributed by atoms with E-state index in [4.69, 9.17) is 21.1 Å². The molecule has 0 aromatic heterocycles. The topological polar surface area (TPSA) is 30.5 Å². The van der Waals surface area contributed by atoms with Crippen LogP contribution in [0.5, 0.6) is 11.5 Å². The second kappa shape index (κ2) is 7.12. The first-order chi connectivity index (χ1) is 10.3. The minimum atomic E-state index is 0.572. The van der Waals surface area contributed by atoms with E-state index in [0.29, 0.717) is 30.0 Å². The second-order valence-electron chi connectivity index (χ2n) is 5.57. The third-order valence-electron chi connectivity index (χ3n) is 4.04. The second-order valence-corrected chi connectivity index (χ2v) is 7.55. The summed E-state index contributed by atoms with van der Waals surface area (Å²) in [4.78, 5) is 0. The maximum absolute atomic E-state index is 6.27. The van der Waals surface area contributed by atoms with Crippen LogP contribution >= 0.6 is 23.4 Å². The lowest BCUT2D eigenvalue weighted by Gasteiger charge is -2.21. The molecule has 3 rings (SSSR count). The minimum Gasteiger partial charge on any atom is -0.486 e. The maximum atomic E-state index is 6.27.